The van der Waals surface area contributed by atoms with Gasteiger partial charge in [-0.15, -0.1) is 5.10 Å². The van der Waals surface area contributed by atoms with Gasteiger partial charge in [-0.05, 0) is 42.0 Å². The van der Waals surface area contributed by atoms with E-state index in [4.69, 9.17) is 4.74 Å². The van der Waals surface area contributed by atoms with E-state index >= 15 is 0 Å². The second-order valence-corrected chi connectivity index (χ2v) is 7.37. The normalized spacial score (nSPS) is 10.7. The fourth-order valence-corrected chi connectivity index (χ4v) is 3.56. The minimum atomic E-state index is -0.219. The number of phenolic OH excluding ortho intramolecular Hbond substituents is 1. The topological polar surface area (TPSA) is 135 Å². The molecule has 166 valence electrons. The summed E-state index contributed by atoms with van der Waals surface area (Å²) in [6.45, 7) is 3.53. The number of tetrazole rings is 1. The van der Waals surface area contributed by atoms with Gasteiger partial charge in [0.25, 0.3) is 5.56 Å². The minimum absolute atomic E-state index is 0. The first-order chi connectivity index (χ1) is 15.5. The predicted molar refractivity (Wildman–Crippen MR) is 122 cm³/mol. The molecule has 1 aromatic carbocycles. The number of rotatable bonds is 8. The van der Waals surface area contributed by atoms with E-state index in [-0.39, 0.29) is 65.2 Å². The van der Waals surface area contributed by atoms with Crippen LogP contribution in [0.15, 0.2) is 41.5 Å². The van der Waals surface area contributed by atoms with E-state index in [2.05, 4.69) is 25.6 Å². The molecule has 3 heterocycles. The van der Waals surface area contributed by atoms with Crippen LogP contribution in [0, 0.1) is 0 Å². The van der Waals surface area contributed by atoms with Crippen molar-refractivity contribution in [1.29, 1.82) is 0 Å². The maximum atomic E-state index is 12.9. The number of H-pyrrole nitrogens is 1. The van der Waals surface area contributed by atoms with Gasteiger partial charge in [0, 0.05) is 35.5 Å². The van der Waals surface area contributed by atoms with E-state index < -0.39 is 0 Å². The van der Waals surface area contributed by atoms with Crippen molar-refractivity contribution < 1.29 is 14.6 Å². The first kappa shape index (κ1) is 24.6. The molecule has 4 rings (SSSR count). The summed E-state index contributed by atoms with van der Waals surface area (Å²) in [4.78, 5) is 29.1. The molecule has 11 heteroatoms. The standard InChI is InChI=1S/C22H22N6O4.Na.H/c1-3-5-17-18(8-7-16(13(2)29)20(17)30)32-12-14-6-4-9-28-21(14)23-11-15(22(28)31)10-19-24-26-27-25-19;;/h4,6-9,11,30H,3,5,10,12H2,1-2H3,(H,24,25,26,27);;. The summed E-state index contributed by atoms with van der Waals surface area (Å²) in [6.07, 6.45) is 4.74. The Balaban J connectivity index is 0.00000306. The Hall–Kier alpha value is -3.08. The van der Waals surface area contributed by atoms with Gasteiger partial charge in [0.1, 0.15) is 23.8 Å². The molecular weight excluding hydrogens is 435 g/mol. The van der Waals surface area contributed by atoms with Crippen molar-refractivity contribution in [3.63, 3.8) is 0 Å². The van der Waals surface area contributed by atoms with Crippen LogP contribution in [0.1, 0.15) is 53.1 Å². The molecule has 0 atom stereocenters. The first-order valence-corrected chi connectivity index (χ1v) is 10.2. The Labute approximate surface area is 211 Å². The number of aromatic hydroxyl groups is 1. The van der Waals surface area contributed by atoms with Gasteiger partial charge in [-0.2, -0.15) is 0 Å². The summed E-state index contributed by atoms with van der Waals surface area (Å²) >= 11 is 0. The Morgan fingerprint density at radius 2 is 2.06 bits per heavy atom. The number of pyridine rings is 1. The first-order valence-electron chi connectivity index (χ1n) is 10.2. The molecule has 3 aromatic heterocycles. The number of hydrogen-bond donors (Lipinski definition) is 2. The molecule has 4 aromatic rings. The van der Waals surface area contributed by atoms with Gasteiger partial charge in [0.2, 0.25) is 0 Å². The van der Waals surface area contributed by atoms with E-state index in [1.165, 1.54) is 17.5 Å². The number of hydrogen-bond acceptors (Lipinski definition) is 8. The molecule has 0 spiro atoms. The molecule has 2 N–H and O–H groups in total. The van der Waals surface area contributed by atoms with Crippen LogP contribution < -0.4 is 10.3 Å². The number of benzene rings is 1. The summed E-state index contributed by atoms with van der Waals surface area (Å²) in [5.74, 6) is 0.713. The number of aromatic nitrogens is 6. The summed E-state index contributed by atoms with van der Waals surface area (Å²) in [7, 11) is 0. The van der Waals surface area contributed by atoms with Crippen LogP contribution >= 0.6 is 0 Å². The Morgan fingerprint density at radius 1 is 1.24 bits per heavy atom. The van der Waals surface area contributed by atoms with Gasteiger partial charge in [-0.3, -0.25) is 14.0 Å². The van der Waals surface area contributed by atoms with Crippen molar-refractivity contribution in [1.82, 2.24) is 30.0 Å². The van der Waals surface area contributed by atoms with Gasteiger partial charge in [-0.1, -0.05) is 19.4 Å². The number of carbonyl (C=O) groups is 1. The van der Waals surface area contributed by atoms with Crippen LogP contribution in [-0.2, 0) is 19.4 Å². The molecule has 0 bridgehead atoms. The number of nitrogens with zero attached hydrogens (tertiary/aromatic N) is 5. The summed E-state index contributed by atoms with van der Waals surface area (Å²) in [5, 5.41) is 24.0. The molecule has 0 aliphatic carbocycles. The van der Waals surface area contributed by atoms with Gasteiger partial charge in [0.05, 0.1) is 5.56 Å². The van der Waals surface area contributed by atoms with Crippen molar-refractivity contribution in [2.75, 3.05) is 0 Å². The van der Waals surface area contributed by atoms with Gasteiger partial charge in [-0.25, -0.2) is 10.1 Å². The summed E-state index contributed by atoms with van der Waals surface area (Å²) < 4.78 is 7.46. The zero-order chi connectivity index (χ0) is 22.7. The number of nitrogens with one attached hydrogen (secondary N) is 1. The molecule has 0 unspecified atom stereocenters. The summed E-state index contributed by atoms with van der Waals surface area (Å²) in [6, 6.07) is 6.82. The number of ketones is 1. The van der Waals surface area contributed by atoms with Gasteiger partial charge >= 0.3 is 29.6 Å². The Morgan fingerprint density at radius 3 is 2.76 bits per heavy atom. The van der Waals surface area contributed by atoms with Gasteiger partial charge in [0.15, 0.2) is 11.6 Å². The van der Waals surface area contributed by atoms with Crippen molar-refractivity contribution in [3.05, 3.63) is 75.1 Å². The van der Waals surface area contributed by atoms with Crippen LogP contribution in [0.5, 0.6) is 11.5 Å². The zero-order valence-electron chi connectivity index (χ0n) is 17.7. The van der Waals surface area contributed by atoms with Crippen LogP contribution in [-0.4, -0.2) is 70.5 Å². The predicted octanol–water partition coefficient (Wildman–Crippen LogP) is 1.59. The van der Waals surface area contributed by atoms with Crippen molar-refractivity contribution in [2.45, 2.75) is 39.7 Å². The van der Waals surface area contributed by atoms with Crippen LogP contribution in [0.3, 0.4) is 0 Å². The van der Waals surface area contributed by atoms with Gasteiger partial charge < -0.3 is 9.84 Å². The summed E-state index contributed by atoms with van der Waals surface area (Å²) in [5.41, 5.74) is 2.27. The van der Waals surface area contributed by atoms with Crippen LogP contribution in [0.25, 0.3) is 5.65 Å². The molecule has 0 aliphatic heterocycles. The van der Waals surface area contributed by atoms with E-state index in [9.17, 15) is 14.7 Å². The SMILES string of the molecule is CCCc1c(OCc2cccn3c(=O)c(Cc4nnn[nH]4)cnc23)ccc(C(C)=O)c1O.[NaH]. The Kier molecular flexibility index (Phi) is 7.96. The quantitative estimate of drug-likeness (QED) is 0.300. The molecule has 0 amide bonds. The molecule has 0 saturated heterocycles. The molecule has 0 saturated carbocycles. The maximum absolute atomic E-state index is 12.9. The number of carbonyl (C=O) groups excluding carboxylic acids is 1. The average Bonchev–Trinajstić information content (AvgIpc) is 3.29. The van der Waals surface area contributed by atoms with Crippen molar-refractivity contribution >= 4 is 41.0 Å². The Bertz CT molecular complexity index is 1340. The fraction of sp³-hybridized carbons (Fsp3) is 0.273. The molecular formula is C22H23N6NaO4. The number of aromatic amines is 1. The monoisotopic (exact) mass is 458 g/mol. The van der Waals surface area contributed by atoms with E-state index in [1.807, 2.05) is 13.0 Å². The molecule has 0 radical (unpaired) electrons. The molecule has 0 aliphatic rings. The molecule has 0 fully saturated rings. The fourth-order valence-electron chi connectivity index (χ4n) is 3.56. The second kappa shape index (κ2) is 10.7. The zero-order valence-corrected chi connectivity index (χ0v) is 17.7. The van der Waals surface area contributed by atoms with Crippen molar-refractivity contribution in [2.24, 2.45) is 0 Å². The number of Topliss-reactive ketones (excluding diaryl/α,β-unsaturated/α-hetero) is 1. The van der Waals surface area contributed by atoms with Crippen molar-refractivity contribution in [3.8, 4) is 11.5 Å². The third kappa shape index (κ3) is 5.13. The number of fused-ring (bicyclic) bond motifs is 1. The average molecular weight is 458 g/mol. The van der Waals surface area contributed by atoms with Crippen LogP contribution in [0.2, 0.25) is 0 Å². The third-order valence-corrected chi connectivity index (χ3v) is 5.13. The molecule has 33 heavy (non-hydrogen) atoms. The third-order valence-electron chi connectivity index (χ3n) is 5.13. The van der Waals surface area contributed by atoms with E-state index in [0.29, 0.717) is 40.3 Å². The molecule has 10 nitrogen and oxygen atoms in total. The van der Waals surface area contributed by atoms with E-state index in [0.717, 1.165) is 6.42 Å². The van der Waals surface area contributed by atoms with E-state index in [1.54, 1.807) is 24.4 Å². The number of ether oxygens (including phenoxy) is 1. The number of phenols is 1. The second-order valence-electron chi connectivity index (χ2n) is 7.37. The van der Waals surface area contributed by atoms with Crippen LogP contribution in [0.4, 0.5) is 0 Å².